The average Bonchev–Trinajstić information content (AvgIpc) is 3.13. The summed E-state index contributed by atoms with van der Waals surface area (Å²) in [6.45, 7) is 5.17. The lowest BCUT2D eigenvalue weighted by atomic mass is 10.2. The second kappa shape index (κ2) is 7.55. The van der Waals surface area contributed by atoms with Gasteiger partial charge < -0.3 is 4.90 Å². The van der Waals surface area contributed by atoms with Crippen LogP contribution in [0.25, 0.3) is 0 Å². The standard InChI is InChI=1S/C17H23N5O3S/c1-13-3-4-15(14(2)11-13)26(24,25)22-9-7-21(8-10-22)17(23)6-5-16-18-12-19-20-16/h3-4,11-12H,5-10H2,1-2H3,(H,18,19,20). The minimum absolute atomic E-state index is 0.00460. The van der Waals surface area contributed by atoms with Crippen LogP contribution in [-0.2, 0) is 21.2 Å². The number of aryl methyl sites for hydroxylation is 3. The molecule has 8 nitrogen and oxygen atoms in total. The van der Waals surface area contributed by atoms with Crippen molar-refractivity contribution in [3.05, 3.63) is 41.5 Å². The van der Waals surface area contributed by atoms with Crippen LogP contribution in [0.15, 0.2) is 29.4 Å². The average molecular weight is 377 g/mol. The number of amides is 1. The summed E-state index contributed by atoms with van der Waals surface area (Å²) in [6.07, 6.45) is 2.25. The predicted molar refractivity (Wildman–Crippen MR) is 96.0 cm³/mol. The molecule has 2 heterocycles. The second-order valence-corrected chi connectivity index (χ2v) is 8.39. The van der Waals surface area contributed by atoms with Gasteiger partial charge in [-0.15, -0.1) is 0 Å². The Morgan fingerprint density at radius 1 is 1.19 bits per heavy atom. The van der Waals surface area contributed by atoms with Crippen LogP contribution in [0.3, 0.4) is 0 Å². The van der Waals surface area contributed by atoms with Crippen molar-refractivity contribution >= 4 is 15.9 Å². The van der Waals surface area contributed by atoms with Gasteiger partial charge in [0.1, 0.15) is 12.2 Å². The molecular weight excluding hydrogens is 354 g/mol. The first kappa shape index (κ1) is 18.5. The Hall–Kier alpha value is -2.26. The molecule has 0 saturated carbocycles. The van der Waals surface area contributed by atoms with Crippen molar-refractivity contribution < 1.29 is 13.2 Å². The Labute approximate surface area is 153 Å². The van der Waals surface area contributed by atoms with Gasteiger partial charge in [-0.05, 0) is 25.5 Å². The Balaban J connectivity index is 1.59. The molecule has 1 saturated heterocycles. The zero-order valence-corrected chi connectivity index (χ0v) is 15.8. The highest BCUT2D eigenvalue weighted by atomic mass is 32.2. The van der Waals surface area contributed by atoms with Crippen molar-refractivity contribution in [3.63, 3.8) is 0 Å². The van der Waals surface area contributed by atoms with Gasteiger partial charge in [-0.3, -0.25) is 9.89 Å². The Morgan fingerprint density at radius 3 is 2.54 bits per heavy atom. The van der Waals surface area contributed by atoms with Crippen LogP contribution in [0.2, 0.25) is 0 Å². The summed E-state index contributed by atoms with van der Waals surface area (Å²) in [5.41, 5.74) is 1.78. The van der Waals surface area contributed by atoms with Gasteiger partial charge in [0.05, 0.1) is 4.90 Å². The summed E-state index contributed by atoms with van der Waals surface area (Å²) < 4.78 is 27.2. The quantitative estimate of drug-likeness (QED) is 0.834. The molecule has 1 aliphatic heterocycles. The molecule has 1 aromatic heterocycles. The van der Waals surface area contributed by atoms with E-state index in [9.17, 15) is 13.2 Å². The van der Waals surface area contributed by atoms with Crippen LogP contribution >= 0.6 is 0 Å². The van der Waals surface area contributed by atoms with E-state index in [4.69, 9.17) is 0 Å². The molecule has 0 aliphatic carbocycles. The molecule has 2 aromatic rings. The molecule has 1 fully saturated rings. The number of carbonyl (C=O) groups excluding carboxylic acids is 1. The zero-order valence-electron chi connectivity index (χ0n) is 15.0. The maximum Gasteiger partial charge on any atom is 0.243 e. The maximum atomic E-state index is 12.9. The Morgan fingerprint density at radius 2 is 1.92 bits per heavy atom. The number of rotatable bonds is 5. The monoisotopic (exact) mass is 377 g/mol. The number of sulfonamides is 1. The van der Waals surface area contributed by atoms with Gasteiger partial charge in [-0.25, -0.2) is 13.4 Å². The molecule has 3 rings (SSSR count). The topological polar surface area (TPSA) is 99.3 Å². The van der Waals surface area contributed by atoms with Gasteiger partial charge >= 0.3 is 0 Å². The molecule has 9 heteroatoms. The lowest BCUT2D eigenvalue weighted by molar-refractivity contribution is -0.132. The highest BCUT2D eigenvalue weighted by molar-refractivity contribution is 7.89. The minimum atomic E-state index is -3.53. The zero-order chi connectivity index (χ0) is 18.7. The number of aromatic amines is 1. The van der Waals surface area contributed by atoms with E-state index in [-0.39, 0.29) is 5.91 Å². The van der Waals surface area contributed by atoms with Crippen LogP contribution in [0.4, 0.5) is 0 Å². The summed E-state index contributed by atoms with van der Waals surface area (Å²) in [6, 6.07) is 5.34. The summed E-state index contributed by atoms with van der Waals surface area (Å²) in [7, 11) is -3.53. The molecule has 0 unspecified atom stereocenters. The number of carbonyl (C=O) groups is 1. The van der Waals surface area contributed by atoms with E-state index in [1.54, 1.807) is 11.0 Å². The number of nitrogens with one attached hydrogen (secondary N) is 1. The van der Waals surface area contributed by atoms with E-state index in [2.05, 4.69) is 15.2 Å². The highest BCUT2D eigenvalue weighted by Crippen LogP contribution is 2.22. The predicted octanol–water partition coefficient (Wildman–Crippen LogP) is 0.887. The van der Waals surface area contributed by atoms with Gasteiger partial charge in [0.2, 0.25) is 15.9 Å². The fourth-order valence-electron chi connectivity index (χ4n) is 3.14. The third kappa shape index (κ3) is 3.94. The molecule has 1 aliphatic rings. The fraction of sp³-hybridized carbons (Fsp3) is 0.471. The summed E-state index contributed by atoms with van der Waals surface area (Å²) in [5.74, 6) is 0.680. The van der Waals surface area contributed by atoms with E-state index in [1.807, 2.05) is 26.0 Å². The number of aromatic nitrogens is 3. The molecule has 0 bridgehead atoms. The lowest BCUT2D eigenvalue weighted by Gasteiger charge is -2.34. The van der Waals surface area contributed by atoms with Crippen molar-refractivity contribution in [2.75, 3.05) is 26.2 Å². The van der Waals surface area contributed by atoms with Gasteiger partial charge in [0.15, 0.2) is 0 Å². The third-order valence-corrected chi connectivity index (χ3v) is 6.64. The third-order valence-electron chi connectivity index (χ3n) is 4.58. The Kier molecular flexibility index (Phi) is 5.38. The number of benzene rings is 1. The minimum Gasteiger partial charge on any atom is -0.340 e. The molecule has 1 N–H and O–H groups in total. The largest absolute Gasteiger partial charge is 0.340 e. The van der Waals surface area contributed by atoms with Crippen molar-refractivity contribution in [1.82, 2.24) is 24.4 Å². The van der Waals surface area contributed by atoms with E-state index in [0.717, 1.165) is 11.1 Å². The number of nitrogens with zero attached hydrogens (tertiary/aromatic N) is 4. The summed E-state index contributed by atoms with van der Waals surface area (Å²) in [5, 5.41) is 6.49. The van der Waals surface area contributed by atoms with Crippen LogP contribution in [-0.4, -0.2) is 64.9 Å². The fourth-order valence-corrected chi connectivity index (χ4v) is 4.77. The smallest absolute Gasteiger partial charge is 0.243 e. The number of hydrogen-bond acceptors (Lipinski definition) is 5. The molecule has 26 heavy (non-hydrogen) atoms. The van der Waals surface area contributed by atoms with Crippen LogP contribution in [0, 0.1) is 13.8 Å². The van der Waals surface area contributed by atoms with Crippen molar-refractivity contribution in [3.8, 4) is 0 Å². The molecule has 0 atom stereocenters. The molecule has 140 valence electrons. The van der Waals surface area contributed by atoms with E-state index in [0.29, 0.717) is 49.7 Å². The normalized spacial score (nSPS) is 16.0. The summed E-state index contributed by atoms with van der Waals surface area (Å²) in [4.78, 5) is 18.4. The SMILES string of the molecule is Cc1ccc(S(=O)(=O)N2CCN(C(=O)CCc3ncn[nH]3)CC2)c(C)c1. The maximum absolute atomic E-state index is 12.9. The number of H-pyrrole nitrogens is 1. The molecule has 0 spiro atoms. The number of hydrogen-bond donors (Lipinski definition) is 1. The molecule has 1 aromatic carbocycles. The first-order chi connectivity index (χ1) is 12.4. The van der Waals surface area contributed by atoms with Crippen LogP contribution in [0.1, 0.15) is 23.4 Å². The van der Waals surface area contributed by atoms with Gasteiger partial charge in [-0.2, -0.15) is 9.40 Å². The van der Waals surface area contributed by atoms with E-state index >= 15 is 0 Å². The molecular formula is C17H23N5O3S. The first-order valence-electron chi connectivity index (χ1n) is 8.57. The first-order valence-corrected chi connectivity index (χ1v) is 10.0. The highest BCUT2D eigenvalue weighted by Gasteiger charge is 2.30. The van der Waals surface area contributed by atoms with Crippen molar-refractivity contribution in [1.29, 1.82) is 0 Å². The lowest BCUT2D eigenvalue weighted by Crippen LogP contribution is -2.50. The molecule has 0 radical (unpaired) electrons. The van der Waals surface area contributed by atoms with Gasteiger partial charge in [-0.1, -0.05) is 17.7 Å². The summed E-state index contributed by atoms with van der Waals surface area (Å²) >= 11 is 0. The van der Waals surface area contributed by atoms with Gasteiger partial charge in [0, 0.05) is 39.0 Å². The van der Waals surface area contributed by atoms with E-state index in [1.165, 1.54) is 10.6 Å². The van der Waals surface area contributed by atoms with Crippen molar-refractivity contribution in [2.24, 2.45) is 0 Å². The van der Waals surface area contributed by atoms with E-state index < -0.39 is 10.0 Å². The molecule has 1 amide bonds. The Bertz CT molecular complexity index is 872. The van der Waals surface area contributed by atoms with Crippen LogP contribution < -0.4 is 0 Å². The van der Waals surface area contributed by atoms with Gasteiger partial charge in [0.25, 0.3) is 0 Å². The number of piperazine rings is 1. The van der Waals surface area contributed by atoms with Crippen LogP contribution in [0.5, 0.6) is 0 Å². The van der Waals surface area contributed by atoms with Crippen molar-refractivity contribution in [2.45, 2.75) is 31.6 Å². The second-order valence-electron chi connectivity index (χ2n) is 6.49.